The molecule has 0 aromatic heterocycles. The van der Waals surface area contributed by atoms with Crippen LogP contribution in [0.4, 0.5) is 0 Å². The van der Waals surface area contributed by atoms with E-state index in [-0.39, 0.29) is 0 Å². The van der Waals surface area contributed by atoms with Crippen LogP contribution in [0.2, 0.25) is 0 Å². The summed E-state index contributed by atoms with van der Waals surface area (Å²) in [4.78, 5) is 2.55. The number of rotatable bonds is 3. The highest BCUT2D eigenvalue weighted by molar-refractivity contribution is 5.05. The average molecular weight is 210 g/mol. The Hall–Kier alpha value is -0.380. The molecule has 86 valence electrons. The third-order valence-corrected chi connectivity index (χ3v) is 3.40. The van der Waals surface area contributed by atoms with Crippen molar-refractivity contribution in [2.75, 3.05) is 33.3 Å². The third-order valence-electron chi connectivity index (χ3n) is 3.40. The van der Waals surface area contributed by atoms with Gasteiger partial charge in [0.15, 0.2) is 0 Å². The van der Waals surface area contributed by atoms with Crippen LogP contribution in [0.3, 0.4) is 0 Å². The van der Waals surface area contributed by atoms with Gasteiger partial charge in [-0.15, -0.1) is 0 Å². The van der Waals surface area contributed by atoms with E-state index in [9.17, 15) is 0 Å². The first kappa shape index (κ1) is 11.1. The first-order valence-corrected chi connectivity index (χ1v) is 5.92. The number of nitrogens with zero attached hydrogens (tertiary/aromatic N) is 1. The summed E-state index contributed by atoms with van der Waals surface area (Å²) < 4.78 is 5.36. The van der Waals surface area contributed by atoms with E-state index in [0.29, 0.717) is 12.1 Å². The molecule has 2 aliphatic rings. The summed E-state index contributed by atoms with van der Waals surface area (Å²) in [6.45, 7) is 6.78. The van der Waals surface area contributed by atoms with E-state index in [1.54, 1.807) is 0 Å². The molecule has 2 rings (SSSR count). The van der Waals surface area contributed by atoms with Crippen LogP contribution in [0.15, 0.2) is 11.6 Å². The minimum Gasteiger partial charge on any atom is -0.380 e. The van der Waals surface area contributed by atoms with Crippen LogP contribution in [-0.4, -0.2) is 50.3 Å². The van der Waals surface area contributed by atoms with Gasteiger partial charge in [-0.2, -0.15) is 0 Å². The average Bonchev–Trinajstić information content (AvgIpc) is 2.65. The molecule has 0 bridgehead atoms. The minimum atomic E-state index is 0.427. The zero-order chi connectivity index (χ0) is 10.7. The Morgan fingerprint density at radius 2 is 2.47 bits per heavy atom. The molecular formula is C12H22N2O. The quantitative estimate of drug-likeness (QED) is 0.704. The molecule has 3 nitrogen and oxygen atoms in total. The number of ether oxygens (including phenoxy) is 1. The predicted octanol–water partition coefficient (Wildman–Crippen LogP) is 1.02. The predicted molar refractivity (Wildman–Crippen MR) is 62.0 cm³/mol. The molecule has 2 aliphatic heterocycles. The van der Waals surface area contributed by atoms with Crippen molar-refractivity contribution in [3.63, 3.8) is 0 Å². The SMILES string of the molecule is COC1CNC(CN2CCC=C(C)C2)C1. The lowest BCUT2D eigenvalue weighted by Crippen LogP contribution is -2.40. The minimum absolute atomic E-state index is 0.427. The Morgan fingerprint density at radius 1 is 1.60 bits per heavy atom. The Kier molecular flexibility index (Phi) is 3.78. The molecule has 0 spiro atoms. The summed E-state index contributed by atoms with van der Waals surface area (Å²) in [6, 6.07) is 0.626. The lowest BCUT2D eigenvalue weighted by Gasteiger charge is -2.28. The van der Waals surface area contributed by atoms with Crippen molar-refractivity contribution < 1.29 is 4.74 Å². The molecular weight excluding hydrogens is 188 g/mol. The molecule has 0 aliphatic carbocycles. The van der Waals surface area contributed by atoms with Crippen LogP contribution >= 0.6 is 0 Å². The molecule has 0 amide bonds. The second kappa shape index (κ2) is 5.10. The molecule has 1 saturated heterocycles. The van der Waals surface area contributed by atoms with E-state index in [2.05, 4.69) is 23.2 Å². The van der Waals surface area contributed by atoms with Crippen molar-refractivity contribution in [1.82, 2.24) is 10.2 Å². The topological polar surface area (TPSA) is 24.5 Å². The second-order valence-corrected chi connectivity index (χ2v) is 4.77. The van der Waals surface area contributed by atoms with Gasteiger partial charge in [0.05, 0.1) is 6.10 Å². The van der Waals surface area contributed by atoms with Crippen molar-refractivity contribution in [2.24, 2.45) is 0 Å². The lowest BCUT2D eigenvalue weighted by molar-refractivity contribution is 0.115. The molecule has 2 unspecified atom stereocenters. The van der Waals surface area contributed by atoms with Gasteiger partial charge >= 0.3 is 0 Å². The molecule has 0 radical (unpaired) electrons. The van der Waals surface area contributed by atoms with Crippen LogP contribution in [-0.2, 0) is 4.74 Å². The highest BCUT2D eigenvalue weighted by Gasteiger charge is 2.25. The Balaban J connectivity index is 1.76. The van der Waals surface area contributed by atoms with Crippen molar-refractivity contribution in [3.05, 3.63) is 11.6 Å². The molecule has 0 aromatic rings. The van der Waals surface area contributed by atoms with Crippen molar-refractivity contribution in [3.8, 4) is 0 Å². The monoisotopic (exact) mass is 210 g/mol. The highest BCUT2D eigenvalue weighted by Crippen LogP contribution is 2.14. The van der Waals surface area contributed by atoms with Gasteiger partial charge in [-0.1, -0.05) is 11.6 Å². The molecule has 0 aromatic carbocycles. The van der Waals surface area contributed by atoms with Gasteiger partial charge in [0.1, 0.15) is 0 Å². The third kappa shape index (κ3) is 3.03. The first-order valence-electron chi connectivity index (χ1n) is 5.92. The number of nitrogens with one attached hydrogen (secondary N) is 1. The maximum atomic E-state index is 5.36. The summed E-state index contributed by atoms with van der Waals surface area (Å²) in [6.07, 6.45) is 5.16. The molecule has 0 saturated carbocycles. The standard InChI is InChI=1S/C12H22N2O/c1-10-4-3-5-14(8-10)9-11-6-12(15-2)7-13-11/h4,11-13H,3,5-9H2,1-2H3. The van der Waals surface area contributed by atoms with Crippen LogP contribution in [0, 0.1) is 0 Å². The number of methoxy groups -OCH3 is 1. The zero-order valence-electron chi connectivity index (χ0n) is 9.83. The smallest absolute Gasteiger partial charge is 0.0711 e. The summed E-state index contributed by atoms with van der Waals surface area (Å²) in [5.74, 6) is 0. The fourth-order valence-corrected chi connectivity index (χ4v) is 2.56. The zero-order valence-corrected chi connectivity index (χ0v) is 9.83. The van der Waals surface area contributed by atoms with Gasteiger partial charge in [0, 0.05) is 39.3 Å². The fraction of sp³-hybridized carbons (Fsp3) is 0.833. The maximum Gasteiger partial charge on any atom is 0.0711 e. The Labute approximate surface area is 92.5 Å². The molecule has 2 atom stereocenters. The maximum absolute atomic E-state index is 5.36. The van der Waals surface area contributed by atoms with Gasteiger partial charge in [-0.05, 0) is 19.8 Å². The Bertz CT molecular complexity index is 240. The molecule has 1 fully saturated rings. The first-order chi connectivity index (χ1) is 7.28. The van der Waals surface area contributed by atoms with Gasteiger partial charge in [-0.25, -0.2) is 0 Å². The van der Waals surface area contributed by atoms with Crippen LogP contribution < -0.4 is 5.32 Å². The van der Waals surface area contributed by atoms with Gasteiger partial charge in [0.2, 0.25) is 0 Å². The normalized spacial score (nSPS) is 33.1. The van der Waals surface area contributed by atoms with E-state index < -0.39 is 0 Å². The van der Waals surface area contributed by atoms with E-state index in [4.69, 9.17) is 4.74 Å². The second-order valence-electron chi connectivity index (χ2n) is 4.77. The molecule has 1 N–H and O–H groups in total. The summed E-state index contributed by atoms with van der Waals surface area (Å²) in [5.41, 5.74) is 1.52. The highest BCUT2D eigenvalue weighted by atomic mass is 16.5. The van der Waals surface area contributed by atoms with E-state index in [1.807, 2.05) is 7.11 Å². The summed E-state index contributed by atoms with van der Waals surface area (Å²) >= 11 is 0. The van der Waals surface area contributed by atoms with Crippen LogP contribution in [0.1, 0.15) is 19.8 Å². The lowest BCUT2D eigenvalue weighted by atomic mass is 10.1. The van der Waals surface area contributed by atoms with Gasteiger partial charge in [0.25, 0.3) is 0 Å². The number of hydrogen-bond acceptors (Lipinski definition) is 3. The van der Waals surface area contributed by atoms with Crippen LogP contribution in [0.25, 0.3) is 0 Å². The van der Waals surface area contributed by atoms with E-state index >= 15 is 0 Å². The molecule has 15 heavy (non-hydrogen) atoms. The number of hydrogen-bond donors (Lipinski definition) is 1. The van der Waals surface area contributed by atoms with Gasteiger partial charge < -0.3 is 10.1 Å². The van der Waals surface area contributed by atoms with Crippen molar-refractivity contribution in [1.29, 1.82) is 0 Å². The van der Waals surface area contributed by atoms with Gasteiger partial charge in [-0.3, -0.25) is 4.90 Å². The summed E-state index contributed by atoms with van der Waals surface area (Å²) in [7, 11) is 1.81. The van der Waals surface area contributed by atoms with Crippen LogP contribution in [0.5, 0.6) is 0 Å². The summed E-state index contributed by atoms with van der Waals surface area (Å²) in [5, 5.41) is 3.53. The van der Waals surface area contributed by atoms with Crippen molar-refractivity contribution in [2.45, 2.75) is 31.9 Å². The Morgan fingerprint density at radius 3 is 3.13 bits per heavy atom. The molecule has 3 heteroatoms. The fourth-order valence-electron chi connectivity index (χ4n) is 2.56. The van der Waals surface area contributed by atoms with E-state index in [1.165, 1.54) is 25.1 Å². The van der Waals surface area contributed by atoms with Crippen molar-refractivity contribution >= 4 is 0 Å². The largest absolute Gasteiger partial charge is 0.380 e. The molecule has 2 heterocycles. The van der Waals surface area contributed by atoms with E-state index in [0.717, 1.165) is 19.5 Å².